The van der Waals surface area contributed by atoms with Crippen LogP contribution in [-0.4, -0.2) is 0 Å². The van der Waals surface area contributed by atoms with E-state index in [1.54, 1.807) is 0 Å². The van der Waals surface area contributed by atoms with Crippen molar-refractivity contribution in [2.75, 3.05) is 0 Å². The molecule has 14 aromatic rings. The van der Waals surface area contributed by atoms with Crippen molar-refractivity contribution >= 4 is 86.2 Å². The SMILES string of the molecule is [2H]c1c([2H])c([2H])c2c(-c3cccc4ccccc34)c3c([2H])c([2H])c([2H])c([2H])c3c(-c3ccc4ccccc4c3)c2c1[2H].[2H]c1cc2c([2H])c([2H])c([2H])c([2H])c2c([2H])c1-c1c2c([2H])c([2H])c([2H])c([2H])c2c(-c2c([2H])c([2H])c([2H])c3c([2H])c([2H])c([2H])c([2H])c23)c2c([2H])c([2H])c([2H])c([2H])c12. The second kappa shape index (κ2) is 16.5. The van der Waals surface area contributed by atoms with E-state index in [1.165, 1.54) is 0 Å². The zero-order chi connectivity index (χ0) is 70.2. The maximum atomic E-state index is 9.31. The Morgan fingerprint density at radius 3 is 1.31 bits per heavy atom. The van der Waals surface area contributed by atoms with Crippen LogP contribution in [0.5, 0.6) is 0 Å². The number of rotatable bonds is 4. The molecule has 0 aliphatic heterocycles. The molecule has 0 nitrogen and oxygen atoms in total. The molecule has 0 radical (unpaired) electrons. The third kappa shape index (κ3) is 6.61. The molecule has 68 heavy (non-hydrogen) atoms. The van der Waals surface area contributed by atoms with Gasteiger partial charge < -0.3 is 0 Å². The minimum Gasteiger partial charge on any atom is -0.0616 e. The van der Waals surface area contributed by atoms with E-state index in [4.69, 9.17) is 32.9 Å². The zero-order valence-electron chi connectivity index (χ0n) is 64.2. The Morgan fingerprint density at radius 2 is 0.676 bits per heavy atom. The molecule has 0 spiro atoms. The fourth-order valence-electron chi connectivity index (χ4n) is 9.07. The van der Waals surface area contributed by atoms with Gasteiger partial charge in [-0.05, 0) is 143 Å². The normalized spacial score (nSPS) is 17.5. The van der Waals surface area contributed by atoms with Gasteiger partial charge in [-0.2, -0.15) is 0 Å². The summed E-state index contributed by atoms with van der Waals surface area (Å²) >= 11 is 0. The van der Waals surface area contributed by atoms with Crippen LogP contribution in [0, 0.1) is 0 Å². The Hall–Kier alpha value is -8.84. The van der Waals surface area contributed by atoms with Crippen LogP contribution in [-0.2, 0) is 0 Å². The maximum absolute atomic E-state index is 9.31. The predicted molar refractivity (Wildman–Crippen MR) is 295 cm³/mol. The van der Waals surface area contributed by atoms with Crippen LogP contribution in [0.1, 0.15) is 39.8 Å². The summed E-state index contributed by atoms with van der Waals surface area (Å²) in [7, 11) is 0. The van der Waals surface area contributed by atoms with Crippen molar-refractivity contribution in [2.45, 2.75) is 0 Å². The van der Waals surface area contributed by atoms with Gasteiger partial charge in [-0.3, -0.25) is 0 Å². The minimum atomic E-state index is -0.879. The number of benzene rings is 14. The molecule has 0 aliphatic rings. The summed E-state index contributed by atoms with van der Waals surface area (Å²) in [4.78, 5) is 0. The van der Waals surface area contributed by atoms with E-state index in [0.29, 0.717) is 22.3 Å². The van der Waals surface area contributed by atoms with Crippen LogP contribution < -0.4 is 0 Å². The van der Waals surface area contributed by atoms with Gasteiger partial charge in [0.2, 0.25) is 0 Å². The number of hydrogen-bond donors (Lipinski definition) is 0. The zero-order valence-corrected chi connectivity index (χ0v) is 35.2. The standard InChI is InChI=1S/2C34H22/c2*1-2-12-25-22-26(21-20-23(25)10-1)33-29-15-5-7-17-31(29)34(32-18-8-6-16-30(32)33)28-19-9-13-24-11-3-4-14-27(24)28/h2*1-22H/i1D,2D,3D,4D,5D,6D,7D,8D,9D,10D,11D,12D,13D,14D,15D,16D,17D,18D,19D,21D,22D;5D,6D,7D,8D,15D,16D,17D,18D. The number of fused-ring (bicyclic) bond motifs is 8. The Labute approximate surface area is 436 Å². The Balaban J connectivity index is 0.000000181. The summed E-state index contributed by atoms with van der Waals surface area (Å²) in [6.07, 6.45) is 0. The van der Waals surface area contributed by atoms with E-state index < -0.39 is 211 Å². The highest BCUT2D eigenvalue weighted by Crippen LogP contribution is 2.47. The van der Waals surface area contributed by atoms with Crippen molar-refractivity contribution in [3.8, 4) is 44.5 Å². The van der Waals surface area contributed by atoms with Crippen molar-refractivity contribution in [1.82, 2.24) is 0 Å². The molecule has 0 N–H and O–H groups in total. The molecule has 14 rings (SSSR count). The van der Waals surface area contributed by atoms with Gasteiger partial charge in [0.15, 0.2) is 0 Å². The maximum Gasteiger partial charge on any atom is 0.0636 e. The van der Waals surface area contributed by atoms with Gasteiger partial charge in [0, 0.05) is 0 Å². The van der Waals surface area contributed by atoms with Gasteiger partial charge in [-0.25, -0.2) is 0 Å². The fourth-order valence-corrected chi connectivity index (χ4v) is 9.07. The van der Waals surface area contributed by atoms with Crippen molar-refractivity contribution in [3.05, 3.63) is 266 Å². The molecule has 0 fully saturated rings. The molecule has 0 bridgehead atoms. The molecule has 14 aromatic carbocycles. The van der Waals surface area contributed by atoms with Crippen LogP contribution >= 0.6 is 0 Å². The first-order valence-electron chi connectivity index (χ1n) is 35.7. The molecule has 0 amide bonds. The smallest absolute Gasteiger partial charge is 0.0616 e. The Bertz CT molecular complexity index is 5830. The van der Waals surface area contributed by atoms with E-state index in [1.807, 2.05) is 84.9 Å². The predicted octanol–water partition coefficient (Wildman–Crippen LogP) is 19.3. The summed E-state index contributed by atoms with van der Waals surface area (Å²) in [6.45, 7) is 0. The lowest BCUT2D eigenvalue weighted by Gasteiger charge is -2.19. The molecular formula is C68H44. The molecule has 0 saturated heterocycles. The van der Waals surface area contributed by atoms with E-state index in [-0.39, 0.29) is 51.1 Å². The first-order chi connectivity index (χ1) is 45.8. The summed E-state index contributed by atoms with van der Waals surface area (Å²) in [5.41, 5.74) is -0.278. The highest BCUT2D eigenvalue weighted by molar-refractivity contribution is 6.25. The molecule has 0 atom stereocenters. The lowest BCUT2D eigenvalue weighted by Crippen LogP contribution is -1.91. The lowest BCUT2D eigenvalue weighted by molar-refractivity contribution is 1.68. The average molecular weight is 890 g/mol. The van der Waals surface area contributed by atoms with E-state index >= 15 is 0 Å². The fraction of sp³-hybridized carbons (Fsp3) is 0. The first-order valence-corrected chi connectivity index (χ1v) is 21.2. The molecule has 0 unspecified atom stereocenters. The van der Waals surface area contributed by atoms with Crippen molar-refractivity contribution in [3.63, 3.8) is 0 Å². The average Bonchev–Trinajstić information content (AvgIpc) is 0.700. The first kappa shape index (κ1) is 19.9. The van der Waals surface area contributed by atoms with Gasteiger partial charge >= 0.3 is 0 Å². The summed E-state index contributed by atoms with van der Waals surface area (Å²) in [5, 5.41) is 0.464. The van der Waals surface area contributed by atoms with Crippen LogP contribution in [0.25, 0.3) is 131 Å². The highest BCUT2D eigenvalue weighted by Gasteiger charge is 2.20. The second-order valence-electron chi connectivity index (χ2n) is 15.7. The Kier molecular flexibility index (Phi) is 4.85. The van der Waals surface area contributed by atoms with E-state index in [0.717, 1.165) is 27.6 Å². The van der Waals surface area contributed by atoms with Crippen molar-refractivity contribution in [1.29, 1.82) is 0 Å². The van der Waals surface area contributed by atoms with Crippen molar-refractivity contribution in [2.24, 2.45) is 0 Å². The topological polar surface area (TPSA) is 0 Å². The van der Waals surface area contributed by atoms with Gasteiger partial charge in [0.25, 0.3) is 0 Å². The summed E-state index contributed by atoms with van der Waals surface area (Å²) < 4.78 is 255. The molecule has 0 aliphatic carbocycles. The van der Waals surface area contributed by atoms with Crippen LogP contribution in [0.3, 0.4) is 0 Å². The van der Waals surface area contributed by atoms with Crippen LogP contribution in [0.4, 0.5) is 0 Å². The van der Waals surface area contributed by atoms with Crippen LogP contribution in [0.15, 0.2) is 266 Å². The second-order valence-corrected chi connectivity index (χ2v) is 15.7. The molecule has 0 saturated carbocycles. The summed E-state index contributed by atoms with van der Waals surface area (Å²) in [5.74, 6) is 0. The summed E-state index contributed by atoms with van der Waals surface area (Å²) in [6, 6.07) is 8.38. The van der Waals surface area contributed by atoms with Crippen LogP contribution in [0.2, 0.25) is 0 Å². The molecule has 0 aromatic heterocycles. The van der Waals surface area contributed by atoms with E-state index in [9.17, 15) is 6.85 Å². The van der Waals surface area contributed by atoms with Gasteiger partial charge in [-0.15, -0.1) is 0 Å². The van der Waals surface area contributed by atoms with Gasteiger partial charge in [-0.1, -0.05) is 254 Å². The molecular weight excluding hydrogens is 817 g/mol. The third-order valence-electron chi connectivity index (χ3n) is 12.0. The molecule has 316 valence electrons. The lowest BCUT2D eigenvalue weighted by atomic mass is 9.84. The van der Waals surface area contributed by atoms with Crippen molar-refractivity contribution < 1.29 is 39.8 Å². The number of hydrogen-bond acceptors (Lipinski definition) is 0. The van der Waals surface area contributed by atoms with Gasteiger partial charge in [0.1, 0.15) is 0 Å². The molecule has 0 heteroatoms. The quantitative estimate of drug-likeness (QED) is 0.154. The van der Waals surface area contributed by atoms with E-state index in [2.05, 4.69) is 0 Å². The largest absolute Gasteiger partial charge is 0.0636 e. The third-order valence-corrected chi connectivity index (χ3v) is 12.0. The Morgan fingerprint density at radius 1 is 0.221 bits per heavy atom. The molecule has 0 heterocycles. The van der Waals surface area contributed by atoms with Gasteiger partial charge in [0.05, 0.1) is 39.8 Å². The minimum absolute atomic E-state index is 0.219. The highest BCUT2D eigenvalue weighted by atomic mass is 14.2. The monoisotopic (exact) mass is 890 g/mol.